The molecule has 0 fully saturated rings. The van der Waals surface area contributed by atoms with Crippen LogP contribution in [0.5, 0.6) is 0 Å². The Bertz CT molecular complexity index is 409. The van der Waals surface area contributed by atoms with Gasteiger partial charge >= 0.3 is 0 Å². The maximum Gasteiger partial charge on any atom is 0.116 e. The molecule has 4 nitrogen and oxygen atoms in total. The van der Waals surface area contributed by atoms with Gasteiger partial charge in [0, 0.05) is 7.05 Å². The lowest BCUT2D eigenvalue weighted by Gasteiger charge is -1.90. The monoisotopic (exact) mass is 221 g/mol. The Kier molecular flexibility index (Phi) is 7.71. The number of aromatic nitrogens is 2. The summed E-state index contributed by atoms with van der Waals surface area (Å²) >= 11 is 0. The van der Waals surface area contributed by atoms with E-state index in [1.54, 1.807) is 0 Å². The maximum absolute atomic E-state index is 8.81. The average Bonchev–Trinajstić information content (AvgIpc) is 2.64. The molecule has 1 heterocycles. The Morgan fingerprint density at radius 2 is 1.81 bits per heavy atom. The van der Waals surface area contributed by atoms with Gasteiger partial charge in [0.15, 0.2) is 0 Å². The molecule has 0 aliphatic heterocycles. The molecule has 2 aromatic rings. The molecule has 2 rings (SSSR count). The standard InChI is InChI=1S/C8H8N2.C2H7N.C2H4O/c1-10-6-9-7-4-2-3-5-8(7)10;1-3-2;1-2-3/h2-6H,1H3;3H,1-2H3;2H,1H3. The molecular formula is C12H19N3O. The molecule has 16 heavy (non-hydrogen) atoms. The van der Waals surface area contributed by atoms with Crippen LogP contribution in [0, 0.1) is 0 Å². The second kappa shape index (κ2) is 8.61. The third-order valence-electron chi connectivity index (χ3n) is 1.63. The van der Waals surface area contributed by atoms with Gasteiger partial charge < -0.3 is 14.7 Å². The van der Waals surface area contributed by atoms with Crippen LogP contribution < -0.4 is 5.32 Å². The molecule has 1 aromatic carbocycles. The number of fused-ring (bicyclic) bond motifs is 1. The fourth-order valence-corrected chi connectivity index (χ4v) is 1.08. The minimum atomic E-state index is 0.750. The van der Waals surface area contributed by atoms with Gasteiger partial charge in [0.2, 0.25) is 0 Å². The highest BCUT2D eigenvalue weighted by molar-refractivity contribution is 5.74. The van der Waals surface area contributed by atoms with Gasteiger partial charge in [-0.15, -0.1) is 0 Å². The van der Waals surface area contributed by atoms with E-state index in [1.807, 2.05) is 50.2 Å². The summed E-state index contributed by atoms with van der Waals surface area (Å²) in [5.41, 5.74) is 2.24. The van der Waals surface area contributed by atoms with Crippen LogP contribution in [0.25, 0.3) is 11.0 Å². The molecule has 1 N–H and O–H groups in total. The van der Waals surface area contributed by atoms with E-state index in [2.05, 4.69) is 16.4 Å². The number of aldehydes is 1. The van der Waals surface area contributed by atoms with Gasteiger partial charge in [0.1, 0.15) is 6.29 Å². The number of aryl methyl sites for hydroxylation is 1. The van der Waals surface area contributed by atoms with Crippen molar-refractivity contribution in [3.63, 3.8) is 0 Å². The van der Waals surface area contributed by atoms with E-state index in [0.717, 1.165) is 11.8 Å². The molecule has 0 radical (unpaired) electrons. The van der Waals surface area contributed by atoms with Crippen molar-refractivity contribution >= 4 is 17.3 Å². The molecule has 0 atom stereocenters. The molecule has 0 saturated heterocycles. The number of rotatable bonds is 0. The number of hydrogen-bond donors (Lipinski definition) is 1. The second-order valence-corrected chi connectivity index (χ2v) is 3.08. The zero-order valence-corrected chi connectivity index (χ0v) is 10.3. The van der Waals surface area contributed by atoms with E-state index in [-0.39, 0.29) is 0 Å². The van der Waals surface area contributed by atoms with E-state index < -0.39 is 0 Å². The molecule has 0 amide bonds. The van der Waals surface area contributed by atoms with Crippen LogP contribution >= 0.6 is 0 Å². The Hall–Kier alpha value is -1.68. The van der Waals surface area contributed by atoms with E-state index in [0.29, 0.717) is 0 Å². The largest absolute Gasteiger partial charge is 0.334 e. The van der Waals surface area contributed by atoms with Crippen molar-refractivity contribution in [1.82, 2.24) is 14.9 Å². The Labute approximate surface area is 96.3 Å². The van der Waals surface area contributed by atoms with Crippen molar-refractivity contribution in [3.8, 4) is 0 Å². The first-order valence-electron chi connectivity index (χ1n) is 5.05. The van der Waals surface area contributed by atoms with E-state index in [1.165, 1.54) is 12.4 Å². The lowest BCUT2D eigenvalue weighted by Crippen LogP contribution is -1.89. The van der Waals surface area contributed by atoms with Crippen LogP contribution in [0.2, 0.25) is 0 Å². The smallest absolute Gasteiger partial charge is 0.116 e. The molecule has 0 unspecified atom stereocenters. The summed E-state index contributed by atoms with van der Waals surface area (Å²) in [5.74, 6) is 0. The summed E-state index contributed by atoms with van der Waals surface area (Å²) in [6, 6.07) is 8.08. The number of para-hydroxylation sites is 2. The number of nitrogens with one attached hydrogen (secondary N) is 1. The third-order valence-corrected chi connectivity index (χ3v) is 1.63. The number of imidazole rings is 1. The Morgan fingerprint density at radius 3 is 2.31 bits per heavy atom. The highest BCUT2D eigenvalue weighted by Crippen LogP contribution is 2.08. The first-order chi connectivity index (χ1) is 7.71. The molecule has 4 heteroatoms. The summed E-state index contributed by atoms with van der Waals surface area (Å²) < 4.78 is 2.01. The third kappa shape index (κ3) is 4.70. The minimum Gasteiger partial charge on any atom is -0.334 e. The highest BCUT2D eigenvalue weighted by Gasteiger charge is 1.93. The zero-order chi connectivity index (χ0) is 12.4. The molecule has 0 spiro atoms. The number of carbonyl (C=O) groups is 1. The minimum absolute atomic E-state index is 0.750. The van der Waals surface area contributed by atoms with Gasteiger partial charge in [0.25, 0.3) is 0 Å². The van der Waals surface area contributed by atoms with Crippen molar-refractivity contribution in [2.24, 2.45) is 7.05 Å². The Morgan fingerprint density at radius 1 is 1.31 bits per heavy atom. The predicted molar refractivity (Wildman–Crippen MR) is 67.4 cm³/mol. The molecule has 88 valence electrons. The second-order valence-electron chi connectivity index (χ2n) is 3.08. The van der Waals surface area contributed by atoms with E-state index in [9.17, 15) is 0 Å². The van der Waals surface area contributed by atoms with Gasteiger partial charge in [-0.3, -0.25) is 0 Å². The lowest BCUT2D eigenvalue weighted by atomic mass is 10.3. The van der Waals surface area contributed by atoms with Crippen LogP contribution in [-0.4, -0.2) is 29.9 Å². The van der Waals surface area contributed by atoms with Gasteiger partial charge in [-0.1, -0.05) is 12.1 Å². The Balaban J connectivity index is 0.000000321. The molecular weight excluding hydrogens is 202 g/mol. The number of nitrogens with zero attached hydrogens (tertiary/aromatic N) is 2. The number of benzene rings is 1. The first kappa shape index (κ1) is 14.3. The van der Waals surface area contributed by atoms with Crippen molar-refractivity contribution in [2.45, 2.75) is 6.92 Å². The van der Waals surface area contributed by atoms with E-state index in [4.69, 9.17) is 4.79 Å². The van der Waals surface area contributed by atoms with Crippen molar-refractivity contribution in [3.05, 3.63) is 30.6 Å². The zero-order valence-electron chi connectivity index (χ0n) is 10.3. The lowest BCUT2D eigenvalue weighted by molar-refractivity contribution is -0.106. The van der Waals surface area contributed by atoms with Crippen molar-refractivity contribution in [2.75, 3.05) is 14.1 Å². The fourth-order valence-electron chi connectivity index (χ4n) is 1.08. The van der Waals surface area contributed by atoms with Crippen molar-refractivity contribution in [1.29, 1.82) is 0 Å². The van der Waals surface area contributed by atoms with Crippen LogP contribution in [-0.2, 0) is 11.8 Å². The first-order valence-corrected chi connectivity index (χ1v) is 5.05. The topological polar surface area (TPSA) is 46.9 Å². The van der Waals surface area contributed by atoms with Crippen LogP contribution in [0.4, 0.5) is 0 Å². The van der Waals surface area contributed by atoms with Crippen LogP contribution in [0.3, 0.4) is 0 Å². The SMILES string of the molecule is CC=O.CNC.Cn1cnc2ccccc21. The quantitative estimate of drug-likeness (QED) is 0.688. The number of carbonyl (C=O) groups excluding carboxylic acids is 1. The summed E-state index contributed by atoms with van der Waals surface area (Å²) in [6.45, 7) is 1.44. The summed E-state index contributed by atoms with van der Waals surface area (Å²) in [5, 5.41) is 2.75. The highest BCUT2D eigenvalue weighted by atomic mass is 16.1. The number of hydrogen-bond acceptors (Lipinski definition) is 3. The van der Waals surface area contributed by atoms with Gasteiger partial charge in [0.05, 0.1) is 17.4 Å². The molecule has 1 aromatic heterocycles. The van der Waals surface area contributed by atoms with Crippen LogP contribution in [0.1, 0.15) is 6.92 Å². The van der Waals surface area contributed by atoms with Gasteiger partial charge in [-0.2, -0.15) is 0 Å². The summed E-state index contributed by atoms with van der Waals surface area (Å²) in [7, 11) is 5.75. The molecule has 0 aliphatic rings. The summed E-state index contributed by atoms with van der Waals surface area (Å²) in [6.07, 6.45) is 2.57. The maximum atomic E-state index is 8.81. The van der Waals surface area contributed by atoms with Crippen LogP contribution in [0.15, 0.2) is 30.6 Å². The fraction of sp³-hybridized carbons (Fsp3) is 0.333. The summed E-state index contributed by atoms with van der Waals surface area (Å²) in [4.78, 5) is 13.0. The molecule has 0 aliphatic carbocycles. The predicted octanol–water partition coefficient (Wildman–Crippen LogP) is 1.61. The molecule has 0 saturated carbocycles. The van der Waals surface area contributed by atoms with Gasteiger partial charge in [-0.05, 0) is 33.2 Å². The molecule has 0 bridgehead atoms. The van der Waals surface area contributed by atoms with Gasteiger partial charge in [-0.25, -0.2) is 4.98 Å². The van der Waals surface area contributed by atoms with E-state index >= 15 is 0 Å². The van der Waals surface area contributed by atoms with Crippen molar-refractivity contribution < 1.29 is 4.79 Å². The normalized spacial score (nSPS) is 8.50. The average molecular weight is 221 g/mol.